The average molecular weight is 289 g/mol. The number of hydrogen-bond acceptors (Lipinski definition) is 3. The highest BCUT2D eigenvalue weighted by molar-refractivity contribution is 5.81. The Kier molecular flexibility index (Phi) is 8.01. The SMILES string of the molecule is C#CCNC(=O)CN(CC(=O)NCC#C)C1CCCCC1. The number of amides is 2. The first-order valence-electron chi connectivity index (χ1n) is 7.31. The summed E-state index contributed by atoms with van der Waals surface area (Å²) in [4.78, 5) is 25.6. The molecule has 0 aromatic carbocycles. The maximum atomic E-state index is 11.8. The van der Waals surface area contributed by atoms with Crippen LogP contribution in [0.2, 0.25) is 0 Å². The maximum absolute atomic E-state index is 11.8. The van der Waals surface area contributed by atoms with Gasteiger partial charge in [-0.25, -0.2) is 0 Å². The van der Waals surface area contributed by atoms with Crippen molar-refractivity contribution in [3.63, 3.8) is 0 Å². The van der Waals surface area contributed by atoms with Crippen LogP contribution in [0, 0.1) is 24.7 Å². The van der Waals surface area contributed by atoms with E-state index < -0.39 is 0 Å². The number of hydrogen-bond donors (Lipinski definition) is 2. The minimum Gasteiger partial charge on any atom is -0.344 e. The molecule has 2 N–H and O–H groups in total. The molecule has 0 atom stereocenters. The Morgan fingerprint density at radius 3 is 1.86 bits per heavy atom. The first-order chi connectivity index (χ1) is 10.2. The van der Waals surface area contributed by atoms with Crippen molar-refractivity contribution in [3.8, 4) is 24.7 Å². The summed E-state index contributed by atoms with van der Waals surface area (Å²) in [5.74, 6) is 4.44. The van der Waals surface area contributed by atoms with Crippen LogP contribution in [0.25, 0.3) is 0 Å². The molecular formula is C16H23N3O2. The van der Waals surface area contributed by atoms with E-state index in [9.17, 15) is 9.59 Å². The molecule has 0 aromatic rings. The molecule has 1 rings (SSSR count). The number of rotatable bonds is 7. The van der Waals surface area contributed by atoms with Crippen LogP contribution < -0.4 is 10.6 Å². The molecule has 0 bridgehead atoms. The summed E-state index contributed by atoms with van der Waals surface area (Å²) < 4.78 is 0. The summed E-state index contributed by atoms with van der Waals surface area (Å²) in [7, 11) is 0. The number of nitrogens with one attached hydrogen (secondary N) is 2. The molecule has 0 unspecified atom stereocenters. The number of nitrogens with zero attached hydrogens (tertiary/aromatic N) is 1. The number of terminal acetylenes is 2. The van der Waals surface area contributed by atoms with Gasteiger partial charge in [0.25, 0.3) is 0 Å². The zero-order chi connectivity index (χ0) is 15.5. The Hall–Kier alpha value is -1.98. The smallest absolute Gasteiger partial charge is 0.234 e. The van der Waals surface area contributed by atoms with Crippen LogP contribution in [-0.4, -0.2) is 48.9 Å². The van der Waals surface area contributed by atoms with E-state index in [-0.39, 0.29) is 44.0 Å². The van der Waals surface area contributed by atoms with Crippen molar-refractivity contribution >= 4 is 11.8 Å². The van der Waals surface area contributed by atoms with Crippen molar-refractivity contribution in [2.45, 2.75) is 38.1 Å². The highest BCUT2D eigenvalue weighted by Gasteiger charge is 2.24. The topological polar surface area (TPSA) is 61.4 Å². The predicted molar refractivity (Wildman–Crippen MR) is 82.1 cm³/mol. The Bertz CT molecular complexity index is 396. The summed E-state index contributed by atoms with van der Waals surface area (Å²) in [5, 5.41) is 5.28. The fourth-order valence-corrected chi connectivity index (χ4v) is 2.54. The zero-order valence-electron chi connectivity index (χ0n) is 12.4. The van der Waals surface area contributed by atoms with E-state index in [1.165, 1.54) is 6.42 Å². The van der Waals surface area contributed by atoms with Gasteiger partial charge in [-0.1, -0.05) is 31.1 Å². The van der Waals surface area contributed by atoms with Crippen molar-refractivity contribution in [3.05, 3.63) is 0 Å². The summed E-state index contributed by atoms with van der Waals surface area (Å²) in [5.41, 5.74) is 0. The Morgan fingerprint density at radius 2 is 1.43 bits per heavy atom. The van der Waals surface area contributed by atoms with Gasteiger partial charge in [-0.15, -0.1) is 12.8 Å². The summed E-state index contributed by atoms with van der Waals surface area (Å²) >= 11 is 0. The molecular weight excluding hydrogens is 266 g/mol. The van der Waals surface area contributed by atoms with Crippen molar-refractivity contribution in [1.82, 2.24) is 15.5 Å². The Labute approximate surface area is 126 Å². The fourth-order valence-electron chi connectivity index (χ4n) is 2.54. The average Bonchev–Trinajstić information content (AvgIpc) is 2.51. The van der Waals surface area contributed by atoms with Crippen molar-refractivity contribution in [2.75, 3.05) is 26.2 Å². The van der Waals surface area contributed by atoms with Crippen LogP contribution in [0.4, 0.5) is 0 Å². The minimum absolute atomic E-state index is 0.150. The molecule has 1 aliphatic rings. The van der Waals surface area contributed by atoms with Crippen LogP contribution in [0.15, 0.2) is 0 Å². The van der Waals surface area contributed by atoms with Crippen LogP contribution in [-0.2, 0) is 9.59 Å². The molecule has 114 valence electrons. The van der Waals surface area contributed by atoms with Gasteiger partial charge in [0.05, 0.1) is 26.2 Å². The first kappa shape index (κ1) is 17.1. The lowest BCUT2D eigenvalue weighted by atomic mass is 9.94. The standard InChI is InChI=1S/C16H23N3O2/c1-3-10-17-15(20)12-19(13-16(21)18-11-4-2)14-8-6-5-7-9-14/h1-2,14H,5-13H2,(H,17,20)(H,18,21). The predicted octanol–water partition coefficient (Wildman–Crippen LogP) is 0.120. The normalized spacial score (nSPS) is 15.0. The summed E-state index contributed by atoms with van der Waals surface area (Å²) in [6, 6.07) is 0.270. The lowest BCUT2D eigenvalue weighted by Crippen LogP contribution is -2.48. The highest BCUT2D eigenvalue weighted by Crippen LogP contribution is 2.22. The second-order valence-electron chi connectivity index (χ2n) is 5.16. The fraction of sp³-hybridized carbons (Fsp3) is 0.625. The molecule has 5 nitrogen and oxygen atoms in total. The van der Waals surface area contributed by atoms with E-state index in [1.807, 2.05) is 4.90 Å². The molecule has 1 aliphatic carbocycles. The van der Waals surface area contributed by atoms with Gasteiger partial charge in [-0.2, -0.15) is 0 Å². The molecule has 0 heterocycles. The molecule has 0 aliphatic heterocycles. The quantitative estimate of drug-likeness (QED) is 0.655. The van der Waals surface area contributed by atoms with E-state index in [0.29, 0.717) is 0 Å². The van der Waals surface area contributed by atoms with Crippen molar-refractivity contribution in [1.29, 1.82) is 0 Å². The monoisotopic (exact) mass is 289 g/mol. The maximum Gasteiger partial charge on any atom is 0.234 e. The van der Waals surface area contributed by atoms with Crippen LogP contribution >= 0.6 is 0 Å². The van der Waals surface area contributed by atoms with Crippen LogP contribution in [0.3, 0.4) is 0 Å². The molecule has 0 spiro atoms. The lowest BCUT2D eigenvalue weighted by molar-refractivity contribution is -0.126. The van der Waals surface area contributed by atoms with Gasteiger partial charge in [-0.05, 0) is 12.8 Å². The summed E-state index contributed by atoms with van der Waals surface area (Å²) in [6.07, 6.45) is 15.8. The highest BCUT2D eigenvalue weighted by atomic mass is 16.2. The van der Waals surface area contributed by atoms with E-state index in [0.717, 1.165) is 25.7 Å². The third-order valence-corrected chi connectivity index (χ3v) is 3.56. The molecule has 21 heavy (non-hydrogen) atoms. The number of carbonyl (C=O) groups excluding carboxylic acids is 2. The van der Waals surface area contributed by atoms with Crippen LogP contribution in [0.1, 0.15) is 32.1 Å². The summed E-state index contributed by atoms with van der Waals surface area (Å²) in [6.45, 7) is 0.799. The van der Waals surface area contributed by atoms with Gasteiger partial charge in [0.1, 0.15) is 0 Å². The van der Waals surface area contributed by atoms with E-state index >= 15 is 0 Å². The van der Waals surface area contributed by atoms with Gasteiger partial charge >= 0.3 is 0 Å². The minimum atomic E-state index is -0.150. The Morgan fingerprint density at radius 1 is 0.952 bits per heavy atom. The Balaban J connectivity index is 2.56. The largest absolute Gasteiger partial charge is 0.344 e. The van der Waals surface area contributed by atoms with Crippen LogP contribution in [0.5, 0.6) is 0 Å². The van der Waals surface area contributed by atoms with Gasteiger partial charge in [-0.3, -0.25) is 14.5 Å². The molecule has 2 amide bonds. The zero-order valence-corrected chi connectivity index (χ0v) is 12.4. The molecule has 5 heteroatoms. The molecule has 1 saturated carbocycles. The van der Waals surface area contributed by atoms with Gasteiger partial charge < -0.3 is 10.6 Å². The van der Waals surface area contributed by atoms with E-state index in [1.54, 1.807) is 0 Å². The molecule has 1 fully saturated rings. The van der Waals surface area contributed by atoms with E-state index in [2.05, 4.69) is 22.5 Å². The van der Waals surface area contributed by atoms with Crippen molar-refractivity contribution < 1.29 is 9.59 Å². The van der Waals surface area contributed by atoms with E-state index in [4.69, 9.17) is 12.8 Å². The lowest BCUT2D eigenvalue weighted by Gasteiger charge is -2.33. The van der Waals surface area contributed by atoms with Gasteiger partial charge in [0.15, 0.2) is 0 Å². The second kappa shape index (κ2) is 9.85. The third kappa shape index (κ3) is 6.83. The molecule has 0 radical (unpaired) electrons. The molecule has 0 aromatic heterocycles. The second-order valence-corrected chi connectivity index (χ2v) is 5.16. The van der Waals surface area contributed by atoms with Gasteiger partial charge in [0, 0.05) is 6.04 Å². The van der Waals surface area contributed by atoms with Crippen molar-refractivity contribution in [2.24, 2.45) is 0 Å². The van der Waals surface area contributed by atoms with Gasteiger partial charge in [0.2, 0.25) is 11.8 Å². The number of carbonyl (C=O) groups is 2. The molecule has 0 saturated heterocycles. The first-order valence-corrected chi connectivity index (χ1v) is 7.31. The third-order valence-electron chi connectivity index (χ3n) is 3.56.